The highest BCUT2D eigenvalue weighted by atomic mass is 16.6. The molecule has 0 aliphatic heterocycles. The van der Waals surface area contributed by atoms with Gasteiger partial charge in [0.25, 0.3) is 0 Å². The predicted octanol–water partition coefficient (Wildman–Crippen LogP) is 4.52. The number of benzene rings is 1. The number of aliphatic hydroxyl groups excluding tert-OH is 1. The topological polar surface area (TPSA) is 110 Å². The molecule has 5 rings (SSSR count). The number of esters is 2. The first-order valence-electron chi connectivity index (χ1n) is 14.5. The van der Waals surface area contributed by atoms with Crippen molar-refractivity contribution < 1.29 is 34.1 Å². The number of rotatable bonds is 6. The largest absolute Gasteiger partial charge is 0.461 e. The number of carbonyl (C=O) groups is 3. The second-order valence-corrected chi connectivity index (χ2v) is 13.4. The highest BCUT2D eigenvalue weighted by Gasteiger charge is 2.77. The van der Waals surface area contributed by atoms with E-state index in [2.05, 4.69) is 6.92 Å². The van der Waals surface area contributed by atoms with Crippen molar-refractivity contribution in [1.82, 2.24) is 0 Å². The van der Waals surface area contributed by atoms with Gasteiger partial charge in [0.05, 0.1) is 23.5 Å². The van der Waals surface area contributed by atoms with Crippen LogP contribution in [0.4, 0.5) is 0 Å². The Morgan fingerprint density at radius 1 is 1.10 bits per heavy atom. The molecule has 1 spiro atoms. The monoisotopic (exact) mass is 550 g/mol. The molecular formula is C33H42O7. The molecule has 0 radical (unpaired) electrons. The summed E-state index contributed by atoms with van der Waals surface area (Å²) in [6.07, 6.45) is 1.63. The number of hydrogen-bond acceptors (Lipinski definition) is 7. The molecule has 0 amide bonds. The van der Waals surface area contributed by atoms with E-state index < -0.39 is 52.4 Å². The Kier molecular flexibility index (Phi) is 6.94. The third-order valence-corrected chi connectivity index (χ3v) is 10.8. The van der Waals surface area contributed by atoms with Crippen LogP contribution in [0.2, 0.25) is 0 Å². The number of ether oxygens (including phenoxy) is 2. The quantitative estimate of drug-likeness (QED) is 0.396. The SMILES string of the molecule is CC1=C[C@@H]2C(=O)[C@]3(C=C(C)[C@H](OC(=O)C(C)C(C)C)[C@@]3(O)[C@@H]1O)[C@H](C)C[C@@H]1[C@H]2[C@]1(C)COC(=O)c1ccccc1. The molecule has 4 aliphatic rings. The number of allylic oxidation sites excluding steroid dienone is 1. The molecule has 0 saturated heterocycles. The predicted molar refractivity (Wildman–Crippen MR) is 149 cm³/mol. The molecule has 0 heterocycles. The fourth-order valence-corrected chi connectivity index (χ4v) is 7.97. The summed E-state index contributed by atoms with van der Waals surface area (Å²) in [4.78, 5) is 40.4. The molecule has 216 valence electrons. The van der Waals surface area contributed by atoms with Crippen molar-refractivity contribution in [3.63, 3.8) is 0 Å². The van der Waals surface area contributed by atoms with E-state index in [9.17, 15) is 24.6 Å². The standard InChI is InChI=1S/C33H42O7/c1-17(2)21(6)29(36)40-28-19(4)15-32-20(5)14-24-25(23(27(32)35)13-18(3)26(34)33(28,32)38)31(24,7)16-39-30(37)22-11-9-8-10-12-22/h8-13,15,17,20-21,23-26,28,34,38H,14,16H2,1-7H3/t20-,21?,23+,24-,25+,26-,28+,31-,32+,33+/m1/s1. The first kappa shape index (κ1) is 28.7. The van der Waals surface area contributed by atoms with E-state index in [1.165, 1.54) is 0 Å². The Labute approximate surface area is 236 Å². The molecule has 7 nitrogen and oxygen atoms in total. The second-order valence-electron chi connectivity index (χ2n) is 13.4. The van der Waals surface area contributed by atoms with Crippen molar-refractivity contribution in [2.24, 2.45) is 46.3 Å². The van der Waals surface area contributed by atoms with E-state index in [1.54, 1.807) is 57.2 Å². The van der Waals surface area contributed by atoms with E-state index in [0.29, 0.717) is 23.1 Å². The Bertz CT molecular complexity index is 1280. The van der Waals surface area contributed by atoms with Crippen LogP contribution in [0.25, 0.3) is 0 Å². The summed E-state index contributed by atoms with van der Waals surface area (Å²) in [6.45, 7) is 13.3. The zero-order valence-electron chi connectivity index (χ0n) is 24.5. The van der Waals surface area contributed by atoms with Gasteiger partial charge in [-0.25, -0.2) is 4.79 Å². The van der Waals surface area contributed by atoms with Crippen LogP contribution in [0.15, 0.2) is 53.6 Å². The zero-order valence-corrected chi connectivity index (χ0v) is 24.5. The highest BCUT2D eigenvalue weighted by molar-refractivity contribution is 5.95. The molecule has 4 aliphatic carbocycles. The molecule has 1 aromatic rings. The van der Waals surface area contributed by atoms with Gasteiger partial charge in [-0.05, 0) is 67.2 Å². The number of carbonyl (C=O) groups excluding carboxylic acids is 3. The Morgan fingerprint density at radius 3 is 2.38 bits per heavy atom. The summed E-state index contributed by atoms with van der Waals surface area (Å²) in [6, 6.07) is 8.84. The lowest BCUT2D eigenvalue weighted by molar-refractivity contribution is -0.205. The first-order chi connectivity index (χ1) is 18.7. The van der Waals surface area contributed by atoms with Crippen molar-refractivity contribution in [3.05, 3.63) is 59.2 Å². The lowest BCUT2D eigenvalue weighted by Gasteiger charge is -2.49. The molecule has 2 saturated carbocycles. The number of ketones is 1. The highest BCUT2D eigenvalue weighted by Crippen LogP contribution is 2.72. The van der Waals surface area contributed by atoms with Gasteiger partial charge in [0.2, 0.25) is 0 Å². The van der Waals surface area contributed by atoms with Crippen molar-refractivity contribution in [2.75, 3.05) is 6.61 Å². The van der Waals surface area contributed by atoms with E-state index in [4.69, 9.17) is 9.47 Å². The van der Waals surface area contributed by atoms with Crippen LogP contribution in [0, 0.1) is 46.3 Å². The van der Waals surface area contributed by atoms with Gasteiger partial charge in [-0.3, -0.25) is 9.59 Å². The fraction of sp³-hybridized carbons (Fsp3) is 0.606. The van der Waals surface area contributed by atoms with E-state index in [0.717, 1.165) is 0 Å². The van der Waals surface area contributed by atoms with Crippen LogP contribution in [0.5, 0.6) is 0 Å². The lowest BCUT2D eigenvalue weighted by atomic mass is 9.59. The third-order valence-electron chi connectivity index (χ3n) is 10.8. The molecule has 7 heteroatoms. The summed E-state index contributed by atoms with van der Waals surface area (Å²) in [5.74, 6) is -2.36. The molecule has 2 fully saturated rings. The first-order valence-corrected chi connectivity index (χ1v) is 14.5. The van der Waals surface area contributed by atoms with E-state index >= 15 is 0 Å². The van der Waals surface area contributed by atoms with Gasteiger partial charge in [0.1, 0.15) is 6.10 Å². The summed E-state index contributed by atoms with van der Waals surface area (Å²) in [5.41, 5.74) is -2.33. The molecule has 0 aromatic heterocycles. The van der Waals surface area contributed by atoms with Gasteiger partial charge in [-0.15, -0.1) is 0 Å². The van der Waals surface area contributed by atoms with Crippen molar-refractivity contribution in [2.45, 2.75) is 72.7 Å². The molecule has 2 N–H and O–H groups in total. The fourth-order valence-electron chi connectivity index (χ4n) is 7.97. The maximum Gasteiger partial charge on any atom is 0.338 e. The van der Waals surface area contributed by atoms with Crippen LogP contribution < -0.4 is 0 Å². The molecular weight excluding hydrogens is 508 g/mol. The Balaban J connectivity index is 1.48. The van der Waals surface area contributed by atoms with Gasteiger partial charge in [-0.1, -0.05) is 65.0 Å². The van der Waals surface area contributed by atoms with Crippen LogP contribution >= 0.6 is 0 Å². The summed E-state index contributed by atoms with van der Waals surface area (Å²) in [7, 11) is 0. The summed E-state index contributed by atoms with van der Waals surface area (Å²) in [5, 5.41) is 24.2. The number of Topliss-reactive ketones (excluding diaryl/α,β-unsaturated/α-hetero) is 1. The maximum absolute atomic E-state index is 14.7. The van der Waals surface area contributed by atoms with Gasteiger partial charge in [0, 0.05) is 11.3 Å². The number of fused-ring (bicyclic) bond motifs is 3. The Morgan fingerprint density at radius 2 is 1.75 bits per heavy atom. The van der Waals surface area contributed by atoms with Crippen LogP contribution in [0.3, 0.4) is 0 Å². The van der Waals surface area contributed by atoms with E-state index in [1.807, 2.05) is 26.8 Å². The van der Waals surface area contributed by atoms with Crippen molar-refractivity contribution in [3.8, 4) is 0 Å². The minimum atomic E-state index is -2.03. The van der Waals surface area contributed by atoms with E-state index in [-0.39, 0.29) is 36.1 Å². The van der Waals surface area contributed by atoms with Crippen LogP contribution in [0.1, 0.15) is 65.2 Å². The second kappa shape index (κ2) is 9.66. The van der Waals surface area contributed by atoms with Gasteiger partial charge >= 0.3 is 11.9 Å². The minimum absolute atomic E-state index is 0.0334. The Hall–Kier alpha value is -2.77. The number of aliphatic hydroxyl groups is 2. The third kappa shape index (κ3) is 3.87. The zero-order chi connectivity index (χ0) is 29.4. The average Bonchev–Trinajstić information content (AvgIpc) is 3.46. The molecule has 10 atom stereocenters. The van der Waals surface area contributed by atoms with Gasteiger partial charge < -0.3 is 19.7 Å². The summed E-state index contributed by atoms with van der Waals surface area (Å²) >= 11 is 0. The lowest BCUT2D eigenvalue weighted by Crippen LogP contribution is -2.65. The normalized spacial score (nSPS) is 40.6. The average molecular weight is 551 g/mol. The van der Waals surface area contributed by atoms with Crippen molar-refractivity contribution >= 4 is 17.7 Å². The molecule has 2 bridgehead atoms. The van der Waals surface area contributed by atoms with Crippen LogP contribution in [-0.2, 0) is 19.1 Å². The summed E-state index contributed by atoms with van der Waals surface area (Å²) < 4.78 is 11.7. The molecule has 40 heavy (non-hydrogen) atoms. The van der Waals surface area contributed by atoms with Gasteiger partial charge in [-0.2, -0.15) is 0 Å². The molecule has 1 aromatic carbocycles. The number of hydrogen-bond donors (Lipinski definition) is 2. The van der Waals surface area contributed by atoms with Crippen LogP contribution in [-0.4, -0.2) is 52.4 Å². The maximum atomic E-state index is 14.7. The molecule has 1 unspecified atom stereocenters. The van der Waals surface area contributed by atoms with Crippen molar-refractivity contribution in [1.29, 1.82) is 0 Å². The van der Waals surface area contributed by atoms with Gasteiger partial charge in [0.15, 0.2) is 17.5 Å². The minimum Gasteiger partial charge on any atom is -0.461 e. The smallest absolute Gasteiger partial charge is 0.338 e.